The molecule has 3 aliphatic heterocycles. The maximum Gasteiger partial charge on any atom is 0.213 e. The van der Waals surface area contributed by atoms with Crippen molar-refractivity contribution in [3.05, 3.63) is 48.2 Å². The van der Waals surface area contributed by atoms with Crippen LogP contribution in [0.15, 0.2) is 47.1 Å². The SMILES string of the molecule is c1ccc2c(N3CCN4C[C@H](COc5ccc(CN6CCCCC6)cn5)CC[C@H]4C3)noc2c1. The average Bonchev–Trinajstić information content (AvgIpc) is 3.33. The summed E-state index contributed by atoms with van der Waals surface area (Å²) in [5.41, 5.74) is 2.15. The van der Waals surface area contributed by atoms with E-state index in [-0.39, 0.29) is 0 Å². The molecule has 0 amide bonds. The predicted octanol–water partition coefficient (Wildman–Crippen LogP) is 4.19. The van der Waals surface area contributed by atoms with Gasteiger partial charge in [0.15, 0.2) is 11.4 Å². The van der Waals surface area contributed by atoms with Crippen molar-refractivity contribution in [1.29, 1.82) is 0 Å². The van der Waals surface area contributed by atoms with Gasteiger partial charge in [0.05, 0.1) is 12.0 Å². The van der Waals surface area contributed by atoms with Crippen LogP contribution in [0, 0.1) is 5.92 Å². The van der Waals surface area contributed by atoms with Gasteiger partial charge in [-0.05, 0) is 56.5 Å². The Kier molecular flexibility index (Phi) is 6.38. The monoisotopic (exact) mass is 461 g/mol. The first-order chi connectivity index (χ1) is 16.8. The number of nitrogens with zero attached hydrogens (tertiary/aromatic N) is 5. The van der Waals surface area contributed by atoms with Gasteiger partial charge in [-0.3, -0.25) is 9.80 Å². The van der Waals surface area contributed by atoms with Gasteiger partial charge in [0, 0.05) is 56.9 Å². The average molecular weight is 462 g/mol. The molecule has 34 heavy (non-hydrogen) atoms. The van der Waals surface area contributed by atoms with Crippen molar-refractivity contribution in [2.75, 3.05) is 50.8 Å². The zero-order chi connectivity index (χ0) is 22.7. The number of likely N-dealkylation sites (tertiary alicyclic amines) is 1. The second-order valence-electron chi connectivity index (χ2n) is 10.2. The number of para-hydroxylation sites is 1. The molecule has 0 bridgehead atoms. The molecule has 0 unspecified atom stereocenters. The van der Waals surface area contributed by atoms with Gasteiger partial charge in [0.25, 0.3) is 0 Å². The van der Waals surface area contributed by atoms with Gasteiger partial charge >= 0.3 is 0 Å². The number of anilines is 1. The maximum atomic E-state index is 6.11. The zero-order valence-corrected chi connectivity index (χ0v) is 19.9. The first kappa shape index (κ1) is 21.9. The highest BCUT2D eigenvalue weighted by Crippen LogP contribution is 2.31. The highest BCUT2D eigenvalue weighted by atomic mass is 16.5. The van der Waals surface area contributed by atoms with E-state index < -0.39 is 0 Å². The molecule has 0 aliphatic carbocycles. The minimum atomic E-state index is 0.561. The molecule has 0 spiro atoms. The number of hydrogen-bond donors (Lipinski definition) is 0. The molecule has 6 rings (SSSR count). The van der Waals surface area contributed by atoms with Crippen LogP contribution in [0.1, 0.15) is 37.7 Å². The minimum Gasteiger partial charge on any atom is -0.477 e. The van der Waals surface area contributed by atoms with Gasteiger partial charge in [-0.25, -0.2) is 4.98 Å². The second-order valence-corrected chi connectivity index (χ2v) is 10.2. The van der Waals surface area contributed by atoms with Gasteiger partial charge < -0.3 is 14.2 Å². The van der Waals surface area contributed by atoms with Gasteiger partial charge in [-0.2, -0.15) is 0 Å². The van der Waals surface area contributed by atoms with E-state index >= 15 is 0 Å². The summed E-state index contributed by atoms with van der Waals surface area (Å²) in [5, 5.41) is 5.49. The van der Waals surface area contributed by atoms with Crippen LogP contribution in [0.25, 0.3) is 11.0 Å². The molecule has 3 aromatic rings. The molecule has 7 nitrogen and oxygen atoms in total. The number of pyridine rings is 1. The Balaban J connectivity index is 0.987. The Morgan fingerprint density at radius 2 is 1.85 bits per heavy atom. The van der Waals surface area contributed by atoms with Crippen LogP contribution >= 0.6 is 0 Å². The minimum absolute atomic E-state index is 0.561. The molecule has 0 radical (unpaired) electrons. The normalized spacial score (nSPS) is 24.3. The summed E-state index contributed by atoms with van der Waals surface area (Å²) in [5.74, 6) is 2.31. The molecule has 2 atom stereocenters. The number of aromatic nitrogens is 2. The van der Waals surface area contributed by atoms with Crippen LogP contribution in [-0.2, 0) is 6.54 Å². The van der Waals surface area contributed by atoms with Crippen molar-refractivity contribution in [2.24, 2.45) is 5.92 Å². The zero-order valence-electron chi connectivity index (χ0n) is 19.9. The summed E-state index contributed by atoms with van der Waals surface area (Å²) in [7, 11) is 0. The van der Waals surface area contributed by atoms with Gasteiger partial charge in [0.1, 0.15) is 0 Å². The molecule has 7 heteroatoms. The molecule has 180 valence electrons. The van der Waals surface area contributed by atoms with Crippen molar-refractivity contribution in [3.63, 3.8) is 0 Å². The van der Waals surface area contributed by atoms with Gasteiger partial charge in [-0.1, -0.05) is 29.8 Å². The number of benzene rings is 1. The van der Waals surface area contributed by atoms with Crippen molar-refractivity contribution >= 4 is 16.8 Å². The van der Waals surface area contributed by atoms with Crippen LogP contribution in [0.4, 0.5) is 5.82 Å². The van der Waals surface area contributed by atoms with E-state index in [2.05, 4.69) is 43.0 Å². The van der Waals surface area contributed by atoms with Crippen LogP contribution in [0.2, 0.25) is 0 Å². The summed E-state index contributed by atoms with van der Waals surface area (Å²) >= 11 is 0. The van der Waals surface area contributed by atoms with Crippen LogP contribution < -0.4 is 9.64 Å². The summed E-state index contributed by atoms with van der Waals surface area (Å²) < 4.78 is 11.7. The molecule has 3 fully saturated rings. The van der Waals surface area contributed by atoms with Crippen LogP contribution in [-0.4, -0.2) is 71.9 Å². The molecule has 5 heterocycles. The van der Waals surface area contributed by atoms with E-state index in [4.69, 9.17) is 9.26 Å². The Hall–Kier alpha value is -2.64. The highest BCUT2D eigenvalue weighted by Gasteiger charge is 2.34. The van der Waals surface area contributed by atoms with Crippen molar-refractivity contribution < 1.29 is 9.26 Å². The molecule has 0 saturated carbocycles. The van der Waals surface area contributed by atoms with E-state index in [0.29, 0.717) is 12.0 Å². The molecule has 3 saturated heterocycles. The summed E-state index contributed by atoms with van der Waals surface area (Å²) in [6.07, 6.45) is 8.40. The number of hydrogen-bond acceptors (Lipinski definition) is 7. The molecule has 0 N–H and O–H groups in total. The Bertz CT molecular complexity index is 1080. The number of fused-ring (bicyclic) bond motifs is 2. The van der Waals surface area contributed by atoms with Crippen molar-refractivity contribution in [3.8, 4) is 5.88 Å². The third-order valence-electron chi connectivity index (χ3n) is 7.78. The van der Waals surface area contributed by atoms with Crippen LogP contribution in [0.3, 0.4) is 0 Å². The van der Waals surface area contributed by atoms with Crippen molar-refractivity contribution in [2.45, 2.75) is 44.7 Å². The Labute approximate surface area is 201 Å². The molecule has 3 aliphatic rings. The van der Waals surface area contributed by atoms with E-state index in [0.717, 1.165) is 62.0 Å². The molecule has 1 aromatic carbocycles. The Morgan fingerprint density at radius 3 is 2.74 bits per heavy atom. The lowest BCUT2D eigenvalue weighted by molar-refractivity contribution is 0.0716. The summed E-state index contributed by atoms with van der Waals surface area (Å²) in [4.78, 5) is 12.2. The lowest BCUT2D eigenvalue weighted by Crippen LogP contribution is -2.57. The summed E-state index contributed by atoms with van der Waals surface area (Å²) in [6, 6.07) is 13.0. The maximum absolute atomic E-state index is 6.11. The van der Waals surface area contributed by atoms with Crippen LogP contribution in [0.5, 0.6) is 5.88 Å². The third-order valence-corrected chi connectivity index (χ3v) is 7.78. The van der Waals surface area contributed by atoms with Crippen molar-refractivity contribution in [1.82, 2.24) is 19.9 Å². The van der Waals surface area contributed by atoms with Gasteiger partial charge in [-0.15, -0.1) is 0 Å². The molecule has 2 aromatic heterocycles. The van der Waals surface area contributed by atoms with E-state index in [1.807, 2.05) is 24.4 Å². The fourth-order valence-electron chi connectivity index (χ4n) is 5.86. The third kappa shape index (κ3) is 4.77. The molecular weight excluding hydrogens is 426 g/mol. The van der Waals surface area contributed by atoms with E-state index in [9.17, 15) is 0 Å². The highest BCUT2D eigenvalue weighted by molar-refractivity contribution is 5.88. The quantitative estimate of drug-likeness (QED) is 0.546. The summed E-state index contributed by atoms with van der Waals surface area (Å²) in [6.45, 7) is 8.35. The van der Waals surface area contributed by atoms with E-state index in [1.54, 1.807) is 0 Å². The smallest absolute Gasteiger partial charge is 0.213 e. The van der Waals surface area contributed by atoms with Gasteiger partial charge in [0.2, 0.25) is 5.88 Å². The fraction of sp³-hybridized carbons (Fsp3) is 0.556. The lowest BCUT2D eigenvalue weighted by Gasteiger charge is -2.46. The number of piperazine rings is 1. The second kappa shape index (κ2) is 9.92. The standard InChI is InChI=1S/C27H35N5O2/c1-4-12-30(13-5-1)17-21-9-11-26(28-16-21)33-20-22-8-10-23-19-32(15-14-31(23)18-22)27-24-6-2-3-7-25(24)34-29-27/h2-3,6-7,9,11,16,22-23H,1,4-5,8,10,12-15,17-20H2/t22-,23+/m1/s1. The number of rotatable bonds is 6. The first-order valence-corrected chi connectivity index (χ1v) is 13.0. The van der Waals surface area contributed by atoms with E-state index in [1.165, 1.54) is 50.8 Å². The largest absolute Gasteiger partial charge is 0.477 e. The first-order valence-electron chi connectivity index (χ1n) is 13.0. The molecular formula is C27H35N5O2. The topological polar surface area (TPSA) is 57.9 Å². The lowest BCUT2D eigenvalue weighted by atomic mass is 9.91. The predicted molar refractivity (Wildman–Crippen MR) is 133 cm³/mol. The number of piperidine rings is 2. The number of ether oxygens (including phenoxy) is 1. The fourth-order valence-corrected chi connectivity index (χ4v) is 5.86. The Morgan fingerprint density at radius 1 is 0.941 bits per heavy atom.